The first-order valence-electron chi connectivity index (χ1n) is 8.41. The van der Waals surface area contributed by atoms with Crippen LogP contribution in [-0.2, 0) is 5.41 Å². The van der Waals surface area contributed by atoms with Gasteiger partial charge in [0.1, 0.15) is 11.5 Å². The van der Waals surface area contributed by atoms with Gasteiger partial charge in [0.2, 0.25) is 0 Å². The molecule has 28 heavy (non-hydrogen) atoms. The number of carbonyl (C=O) groups is 2. The fourth-order valence-corrected chi connectivity index (χ4v) is 3.35. The van der Waals surface area contributed by atoms with Crippen molar-refractivity contribution in [2.45, 2.75) is 12.3 Å². The van der Waals surface area contributed by atoms with Gasteiger partial charge in [-0.15, -0.1) is 0 Å². The fraction of sp³-hybridized carbons (Fsp3) is 0.0909. The molecule has 0 aliphatic carbocycles. The summed E-state index contributed by atoms with van der Waals surface area (Å²) >= 11 is 10.6. The lowest BCUT2D eigenvalue weighted by Crippen LogP contribution is -2.25. The highest BCUT2D eigenvalue weighted by atomic mass is 35.5. The third kappa shape index (κ3) is 4.35. The predicted molar refractivity (Wildman–Crippen MR) is 109 cm³/mol. The van der Waals surface area contributed by atoms with E-state index in [1.807, 2.05) is 54.6 Å². The lowest BCUT2D eigenvalue weighted by atomic mass is 9.71. The molecule has 0 aromatic heterocycles. The standard InChI is InChI=1S/C22H16Cl2O4/c1-22(15-5-3-2-4-6-15,16-7-11-18(12-8-16)27-20(23)25)17-9-13-19(14-10-17)28-21(24)26/h2-14H,1H3. The van der Waals surface area contributed by atoms with E-state index in [-0.39, 0.29) is 0 Å². The van der Waals surface area contributed by atoms with E-state index in [1.54, 1.807) is 24.3 Å². The molecule has 0 spiro atoms. The molecule has 0 atom stereocenters. The van der Waals surface area contributed by atoms with Crippen LogP contribution in [0.4, 0.5) is 9.59 Å². The van der Waals surface area contributed by atoms with E-state index in [0.717, 1.165) is 16.7 Å². The average Bonchev–Trinajstić information content (AvgIpc) is 2.68. The van der Waals surface area contributed by atoms with Gasteiger partial charge >= 0.3 is 10.9 Å². The van der Waals surface area contributed by atoms with Gasteiger partial charge in [-0.25, -0.2) is 9.59 Å². The number of hydrogen-bond acceptors (Lipinski definition) is 4. The molecule has 6 heteroatoms. The minimum atomic E-state index is -0.886. The van der Waals surface area contributed by atoms with Crippen LogP contribution in [0.2, 0.25) is 0 Å². The molecule has 4 nitrogen and oxygen atoms in total. The molecule has 3 aromatic rings. The zero-order valence-electron chi connectivity index (χ0n) is 14.9. The van der Waals surface area contributed by atoms with Crippen molar-refractivity contribution in [3.05, 3.63) is 95.6 Å². The summed E-state index contributed by atoms with van der Waals surface area (Å²) in [5.74, 6) is 0.729. The van der Waals surface area contributed by atoms with Crippen molar-refractivity contribution in [2.24, 2.45) is 0 Å². The highest BCUT2D eigenvalue weighted by Gasteiger charge is 2.31. The Balaban J connectivity index is 2.06. The summed E-state index contributed by atoms with van der Waals surface area (Å²) in [6, 6.07) is 24.3. The number of rotatable bonds is 5. The first-order valence-corrected chi connectivity index (χ1v) is 9.16. The molecule has 0 bridgehead atoms. The Morgan fingerprint density at radius 3 is 1.36 bits per heavy atom. The van der Waals surface area contributed by atoms with Gasteiger partial charge in [-0.3, -0.25) is 0 Å². The van der Waals surface area contributed by atoms with E-state index in [4.69, 9.17) is 32.7 Å². The highest BCUT2D eigenvalue weighted by molar-refractivity contribution is 6.61. The molecule has 3 rings (SSSR count). The van der Waals surface area contributed by atoms with E-state index in [1.165, 1.54) is 0 Å². The maximum Gasteiger partial charge on any atom is 0.409 e. The average molecular weight is 415 g/mol. The number of ether oxygens (including phenoxy) is 2. The van der Waals surface area contributed by atoms with Crippen LogP contribution in [-0.4, -0.2) is 10.9 Å². The van der Waals surface area contributed by atoms with Crippen LogP contribution in [0.25, 0.3) is 0 Å². The fourth-order valence-electron chi connectivity index (χ4n) is 3.17. The zero-order chi connectivity index (χ0) is 20.1. The smallest absolute Gasteiger partial charge is 0.409 e. The third-order valence-corrected chi connectivity index (χ3v) is 4.76. The maximum atomic E-state index is 10.9. The Labute approximate surface area is 172 Å². The van der Waals surface area contributed by atoms with Crippen LogP contribution >= 0.6 is 23.2 Å². The van der Waals surface area contributed by atoms with E-state index in [2.05, 4.69) is 6.92 Å². The van der Waals surface area contributed by atoms with E-state index < -0.39 is 16.3 Å². The van der Waals surface area contributed by atoms with Crippen molar-refractivity contribution < 1.29 is 19.1 Å². The normalized spacial score (nSPS) is 11.0. The number of carbonyl (C=O) groups excluding carboxylic acids is 2. The van der Waals surface area contributed by atoms with Crippen molar-refractivity contribution >= 4 is 34.1 Å². The minimum Gasteiger partial charge on any atom is -0.415 e. The monoisotopic (exact) mass is 414 g/mol. The van der Waals surface area contributed by atoms with Gasteiger partial charge < -0.3 is 9.47 Å². The Kier molecular flexibility index (Phi) is 6.02. The van der Waals surface area contributed by atoms with Crippen LogP contribution in [0.15, 0.2) is 78.9 Å². The Morgan fingerprint density at radius 2 is 1.00 bits per heavy atom. The highest BCUT2D eigenvalue weighted by Crippen LogP contribution is 2.39. The van der Waals surface area contributed by atoms with Crippen LogP contribution in [0, 0.1) is 0 Å². The molecule has 0 amide bonds. The first-order chi connectivity index (χ1) is 13.4. The van der Waals surface area contributed by atoms with Crippen molar-refractivity contribution in [2.75, 3.05) is 0 Å². The predicted octanol–water partition coefficient (Wildman–Crippen LogP) is 6.52. The second kappa shape index (κ2) is 8.46. The van der Waals surface area contributed by atoms with Gasteiger partial charge in [-0.05, 0) is 47.9 Å². The lowest BCUT2D eigenvalue weighted by molar-refractivity contribution is 0.224. The Hall–Kier alpha value is -2.82. The molecule has 0 saturated carbocycles. The Morgan fingerprint density at radius 1 is 0.643 bits per heavy atom. The molecule has 0 fully saturated rings. The molecule has 0 unspecified atom stereocenters. The van der Waals surface area contributed by atoms with Gasteiger partial charge in [0, 0.05) is 28.6 Å². The number of halogens is 2. The maximum absolute atomic E-state index is 10.9. The molecule has 0 saturated heterocycles. The largest absolute Gasteiger partial charge is 0.415 e. The minimum absolute atomic E-state index is 0.364. The summed E-state index contributed by atoms with van der Waals surface area (Å²) in [4.78, 5) is 21.9. The second-order valence-corrected chi connectivity index (χ2v) is 6.84. The van der Waals surface area contributed by atoms with Crippen LogP contribution < -0.4 is 9.47 Å². The summed E-state index contributed by atoms with van der Waals surface area (Å²) in [6.45, 7) is 2.09. The van der Waals surface area contributed by atoms with E-state index >= 15 is 0 Å². The second-order valence-electron chi connectivity index (χ2n) is 6.22. The first kappa shape index (κ1) is 19.9. The molecule has 0 N–H and O–H groups in total. The summed E-state index contributed by atoms with van der Waals surface area (Å²) in [7, 11) is 0. The summed E-state index contributed by atoms with van der Waals surface area (Å²) < 4.78 is 9.82. The van der Waals surface area contributed by atoms with Gasteiger partial charge in [-0.2, -0.15) is 0 Å². The molecule has 0 aliphatic rings. The Bertz CT molecular complexity index is 908. The zero-order valence-corrected chi connectivity index (χ0v) is 16.4. The summed E-state index contributed by atoms with van der Waals surface area (Å²) in [6.07, 6.45) is 0. The van der Waals surface area contributed by atoms with Crippen molar-refractivity contribution in [3.63, 3.8) is 0 Å². The van der Waals surface area contributed by atoms with Crippen LogP contribution in [0.3, 0.4) is 0 Å². The van der Waals surface area contributed by atoms with Gasteiger partial charge in [-0.1, -0.05) is 54.6 Å². The molecular weight excluding hydrogens is 399 g/mol. The van der Waals surface area contributed by atoms with Crippen LogP contribution in [0.1, 0.15) is 23.6 Å². The topological polar surface area (TPSA) is 52.6 Å². The molecular formula is C22H16Cl2O4. The van der Waals surface area contributed by atoms with E-state index in [9.17, 15) is 9.59 Å². The third-order valence-electron chi connectivity index (χ3n) is 4.61. The molecule has 0 aliphatic heterocycles. The van der Waals surface area contributed by atoms with Crippen LogP contribution in [0.5, 0.6) is 11.5 Å². The molecule has 0 radical (unpaired) electrons. The number of hydrogen-bond donors (Lipinski definition) is 0. The molecule has 142 valence electrons. The van der Waals surface area contributed by atoms with Gasteiger partial charge in [0.25, 0.3) is 0 Å². The lowest BCUT2D eigenvalue weighted by Gasteiger charge is -2.32. The molecule has 0 heterocycles. The van der Waals surface area contributed by atoms with Crippen molar-refractivity contribution in [3.8, 4) is 11.5 Å². The van der Waals surface area contributed by atoms with Crippen molar-refractivity contribution in [1.29, 1.82) is 0 Å². The summed E-state index contributed by atoms with van der Waals surface area (Å²) in [5.41, 5.74) is 0.754. The van der Waals surface area contributed by atoms with Crippen molar-refractivity contribution in [1.82, 2.24) is 0 Å². The van der Waals surface area contributed by atoms with Gasteiger partial charge in [0.05, 0.1) is 0 Å². The molecule has 3 aromatic carbocycles. The SMILES string of the molecule is CC(c1ccccc1)(c1ccc(OC(=O)Cl)cc1)c1ccc(OC(=O)Cl)cc1. The van der Waals surface area contributed by atoms with Gasteiger partial charge in [0.15, 0.2) is 0 Å². The summed E-state index contributed by atoms with van der Waals surface area (Å²) in [5, 5.41) is 0. The number of benzene rings is 3. The quantitative estimate of drug-likeness (QED) is 0.352. The van der Waals surface area contributed by atoms with E-state index in [0.29, 0.717) is 11.5 Å².